The molecular formula is C18H32N5O+. The summed E-state index contributed by atoms with van der Waals surface area (Å²) >= 11 is 0. The van der Waals surface area contributed by atoms with Crippen molar-refractivity contribution in [2.75, 3.05) is 53.1 Å². The van der Waals surface area contributed by atoms with Gasteiger partial charge in [-0.2, -0.15) is 0 Å². The van der Waals surface area contributed by atoms with Gasteiger partial charge in [0, 0.05) is 19.5 Å². The van der Waals surface area contributed by atoms with Gasteiger partial charge in [0.1, 0.15) is 18.3 Å². The Morgan fingerprint density at radius 3 is 2.75 bits per heavy atom. The summed E-state index contributed by atoms with van der Waals surface area (Å²) in [6, 6.07) is 1.02. The van der Waals surface area contributed by atoms with Crippen LogP contribution in [0.1, 0.15) is 32.0 Å². The Bertz CT molecular complexity index is 616. The Morgan fingerprint density at radius 2 is 2.08 bits per heavy atom. The molecule has 0 amide bonds. The molecule has 3 unspecified atom stereocenters. The molecule has 2 aliphatic heterocycles. The van der Waals surface area contributed by atoms with Crippen LogP contribution in [0.5, 0.6) is 5.88 Å². The maximum absolute atomic E-state index is 6.23. The molecule has 0 bridgehead atoms. The lowest BCUT2D eigenvalue weighted by atomic mass is 9.99. The Kier molecular flexibility index (Phi) is 4.62. The van der Waals surface area contributed by atoms with E-state index in [0.29, 0.717) is 36.2 Å². The minimum atomic E-state index is 0.313. The first-order valence-electron chi connectivity index (χ1n) is 9.00. The smallest absolute Gasteiger partial charge is 0.257 e. The molecule has 1 aromatic heterocycles. The fourth-order valence-electron chi connectivity index (χ4n) is 3.57. The lowest BCUT2D eigenvalue weighted by molar-refractivity contribution is -0.893. The van der Waals surface area contributed by atoms with E-state index in [1.807, 2.05) is 4.68 Å². The van der Waals surface area contributed by atoms with E-state index < -0.39 is 0 Å². The van der Waals surface area contributed by atoms with Crippen LogP contribution in [-0.2, 0) is 0 Å². The number of likely N-dealkylation sites (tertiary alicyclic amines) is 1. The third kappa shape index (κ3) is 3.30. The Morgan fingerprint density at radius 1 is 1.33 bits per heavy atom. The first-order valence-corrected chi connectivity index (χ1v) is 9.00. The van der Waals surface area contributed by atoms with Gasteiger partial charge in [-0.15, -0.1) is 5.10 Å². The molecule has 3 atom stereocenters. The minimum Gasteiger partial charge on any atom is -0.474 e. The highest BCUT2D eigenvalue weighted by molar-refractivity contribution is 5.67. The van der Waals surface area contributed by atoms with E-state index >= 15 is 0 Å². The number of allylic oxidation sites excluding steroid dienone is 1. The molecule has 0 saturated carbocycles. The number of nitrogens with zero attached hydrogens (tertiary/aromatic N) is 4. The molecule has 0 radical (unpaired) electrons. The minimum absolute atomic E-state index is 0.313. The predicted molar refractivity (Wildman–Crippen MR) is 97.9 cm³/mol. The van der Waals surface area contributed by atoms with E-state index in [9.17, 15) is 0 Å². The van der Waals surface area contributed by atoms with Crippen LogP contribution in [0.4, 0.5) is 5.69 Å². The van der Waals surface area contributed by atoms with Crippen molar-refractivity contribution < 1.29 is 9.22 Å². The second kappa shape index (κ2) is 6.41. The quantitative estimate of drug-likeness (QED) is 0.835. The predicted octanol–water partition coefficient (Wildman–Crippen LogP) is 1.85. The molecule has 1 saturated heterocycles. The zero-order chi connectivity index (χ0) is 17.5. The van der Waals surface area contributed by atoms with Crippen LogP contribution in [0.25, 0.3) is 6.08 Å². The SMILES string of the molecule is CC1C=Cc2c(N)c(OCCN3CCC([N+](C)(C)C)C3)nn2C1C. The lowest BCUT2D eigenvalue weighted by Crippen LogP contribution is -2.46. The van der Waals surface area contributed by atoms with E-state index in [0.717, 1.165) is 29.8 Å². The third-order valence-corrected chi connectivity index (χ3v) is 5.65. The number of likely N-dealkylation sites (N-methyl/N-ethyl adjacent to an activating group) is 1. The number of ether oxygens (including phenoxy) is 1. The van der Waals surface area contributed by atoms with Gasteiger partial charge in [0.2, 0.25) is 0 Å². The van der Waals surface area contributed by atoms with Gasteiger partial charge in [0.15, 0.2) is 0 Å². The summed E-state index contributed by atoms with van der Waals surface area (Å²) in [6.07, 6.45) is 5.51. The maximum atomic E-state index is 6.23. The number of quaternary nitrogens is 1. The van der Waals surface area contributed by atoms with Gasteiger partial charge < -0.3 is 15.0 Å². The van der Waals surface area contributed by atoms with Crippen molar-refractivity contribution >= 4 is 11.8 Å². The fourth-order valence-corrected chi connectivity index (χ4v) is 3.57. The molecule has 6 heteroatoms. The number of fused-ring (bicyclic) bond motifs is 1. The summed E-state index contributed by atoms with van der Waals surface area (Å²) in [5.41, 5.74) is 7.87. The highest BCUT2D eigenvalue weighted by atomic mass is 16.5. The first-order chi connectivity index (χ1) is 11.3. The van der Waals surface area contributed by atoms with E-state index in [-0.39, 0.29) is 0 Å². The number of aromatic nitrogens is 2. The van der Waals surface area contributed by atoms with Crippen molar-refractivity contribution in [3.05, 3.63) is 11.8 Å². The topological polar surface area (TPSA) is 56.3 Å². The molecule has 1 fully saturated rings. The number of anilines is 1. The highest BCUT2D eigenvalue weighted by Crippen LogP contribution is 2.34. The molecule has 24 heavy (non-hydrogen) atoms. The van der Waals surface area contributed by atoms with Crippen molar-refractivity contribution in [3.8, 4) is 5.88 Å². The van der Waals surface area contributed by atoms with Gasteiger partial charge in [0.05, 0.1) is 39.4 Å². The summed E-state index contributed by atoms with van der Waals surface area (Å²) in [5, 5.41) is 4.60. The van der Waals surface area contributed by atoms with Crippen LogP contribution in [0, 0.1) is 5.92 Å². The summed E-state index contributed by atoms with van der Waals surface area (Å²) in [6.45, 7) is 8.22. The molecule has 0 spiro atoms. The highest BCUT2D eigenvalue weighted by Gasteiger charge is 2.32. The van der Waals surface area contributed by atoms with Gasteiger partial charge in [-0.1, -0.05) is 13.0 Å². The molecule has 3 heterocycles. The summed E-state index contributed by atoms with van der Waals surface area (Å²) in [7, 11) is 6.82. The monoisotopic (exact) mass is 334 g/mol. The summed E-state index contributed by atoms with van der Waals surface area (Å²) < 4.78 is 8.94. The zero-order valence-electron chi connectivity index (χ0n) is 15.7. The Balaban J connectivity index is 1.55. The second-order valence-electron chi connectivity index (χ2n) is 8.22. The lowest BCUT2D eigenvalue weighted by Gasteiger charge is -2.31. The van der Waals surface area contributed by atoms with Crippen molar-refractivity contribution in [1.82, 2.24) is 14.7 Å². The zero-order valence-corrected chi connectivity index (χ0v) is 15.7. The average Bonchev–Trinajstić information content (AvgIpc) is 3.10. The van der Waals surface area contributed by atoms with Crippen molar-refractivity contribution in [1.29, 1.82) is 0 Å². The standard InChI is InChI=1S/C18H32N5O/c1-13-6-7-16-17(19)18(20-22(16)14(13)2)24-11-10-21-9-8-15(12-21)23(3,4)5/h6-7,13-15H,8-12,19H2,1-5H3/q+1. The van der Waals surface area contributed by atoms with Gasteiger partial charge in [0.25, 0.3) is 5.88 Å². The first kappa shape index (κ1) is 17.3. The van der Waals surface area contributed by atoms with Crippen LogP contribution in [-0.4, -0.2) is 72.6 Å². The molecule has 2 aliphatic rings. The fraction of sp³-hybridized carbons (Fsp3) is 0.722. The van der Waals surface area contributed by atoms with Crippen LogP contribution < -0.4 is 10.5 Å². The van der Waals surface area contributed by atoms with Crippen molar-refractivity contribution in [2.24, 2.45) is 5.92 Å². The molecule has 134 valence electrons. The van der Waals surface area contributed by atoms with Crippen molar-refractivity contribution in [3.63, 3.8) is 0 Å². The molecule has 3 rings (SSSR count). The molecule has 2 N–H and O–H groups in total. The number of rotatable bonds is 5. The Labute approximate surface area is 145 Å². The van der Waals surface area contributed by atoms with E-state index in [4.69, 9.17) is 10.5 Å². The number of hydrogen-bond donors (Lipinski definition) is 1. The van der Waals surface area contributed by atoms with Gasteiger partial charge in [-0.3, -0.25) is 9.58 Å². The molecule has 6 nitrogen and oxygen atoms in total. The molecule has 0 aliphatic carbocycles. The molecular weight excluding hydrogens is 302 g/mol. The average molecular weight is 334 g/mol. The van der Waals surface area contributed by atoms with Crippen LogP contribution in [0.15, 0.2) is 6.08 Å². The maximum Gasteiger partial charge on any atom is 0.257 e. The van der Waals surface area contributed by atoms with Crippen LogP contribution >= 0.6 is 0 Å². The van der Waals surface area contributed by atoms with Crippen molar-refractivity contribution in [2.45, 2.75) is 32.4 Å². The van der Waals surface area contributed by atoms with Crippen LogP contribution in [0.2, 0.25) is 0 Å². The summed E-state index contributed by atoms with van der Waals surface area (Å²) in [5.74, 6) is 1.04. The second-order valence-corrected chi connectivity index (χ2v) is 8.22. The number of hydrogen-bond acceptors (Lipinski definition) is 4. The normalized spacial score (nSPS) is 27.5. The van der Waals surface area contributed by atoms with Gasteiger partial charge >= 0.3 is 0 Å². The van der Waals surface area contributed by atoms with E-state index in [1.54, 1.807) is 0 Å². The van der Waals surface area contributed by atoms with E-state index in [1.165, 1.54) is 6.42 Å². The van der Waals surface area contributed by atoms with Crippen LogP contribution in [0.3, 0.4) is 0 Å². The largest absolute Gasteiger partial charge is 0.474 e. The number of nitrogens with two attached hydrogens (primary N) is 1. The Hall–Kier alpha value is -1.53. The third-order valence-electron chi connectivity index (χ3n) is 5.65. The van der Waals surface area contributed by atoms with Gasteiger partial charge in [-0.25, -0.2) is 0 Å². The number of nitrogen functional groups attached to an aromatic ring is 1. The van der Waals surface area contributed by atoms with E-state index in [2.05, 4.69) is 57.1 Å². The molecule has 0 aromatic carbocycles. The summed E-state index contributed by atoms with van der Waals surface area (Å²) in [4.78, 5) is 2.48. The van der Waals surface area contributed by atoms with Gasteiger partial charge in [-0.05, 0) is 18.9 Å². The molecule has 1 aromatic rings.